The summed E-state index contributed by atoms with van der Waals surface area (Å²) in [6.45, 7) is 1.76. The maximum absolute atomic E-state index is 13.9. The first kappa shape index (κ1) is 15.9. The molecule has 0 atom stereocenters. The SMILES string of the molecule is CCN(c1ccccc1F)S(=O)(=O)c1ccc(CCO)s1. The summed E-state index contributed by atoms with van der Waals surface area (Å²) in [5, 5.41) is 8.90. The van der Waals surface area contributed by atoms with E-state index in [1.54, 1.807) is 19.1 Å². The third-order valence-corrected chi connectivity index (χ3v) is 6.45. The number of aliphatic hydroxyl groups is 1. The number of hydrogen-bond donors (Lipinski definition) is 1. The molecule has 1 aromatic heterocycles. The smallest absolute Gasteiger partial charge is 0.273 e. The van der Waals surface area contributed by atoms with Gasteiger partial charge in [0.15, 0.2) is 0 Å². The Morgan fingerprint density at radius 1 is 1.24 bits per heavy atom. The summed E-state index contributed by atoms with van der Waals surface area (Å²) in [6, 6.07) is 8.96. The molecule has 0 saturated heterocycles. The number of aliphatic hydroxyl groups excluding tert-OH is 1. The summed E-state index contributed by atoms with van der Waals surface area (Å²) in [6.07, 6.45) is 0.409. The monoisotopic (exact) mass is 329 g/mol. The minimum atomic E-state index is -3.79. The molecule has 0 amide bonds. The fourth-order valence-corrected chi connectivity index (χ4v) is 4.91. The molecule has 0 fully saturated rings. The number of halogens is 1. The Morgan fingerprint density at radius 2 is 1.95 bits per heavy atom. The zero-order chi connectivity index (χ0) is 15.5. The van der Waals surface area contributed by atoms with Gasteiger partial charge in [-0.2, -0.15) is 0 Å². The molecule has 0 bridgehead atoms. The topological polar surface area (TPSA) is 57.6 Å². The minimum Gasteiger partial charge on any atom is -0.396 e. The van der Waals surface area contributed by atoms with Gasteiger partial charge in [0, 0.05) is 24.4 Å². The van der Waals surface area contributed by atoms with E-state index in [2.05, 4.69) is 0 Å². The molecule has 7 heteroatoms. The third kappa shape index (κ3) is 3.25. The van der Waals surface area contributed by atoms with Gasteiger partial charge in [0.1, 0.15) is 10.0 Å². The van der Waals surface area contributed by atoms with Crippen LogP contribution in [0.3, 0.4) is 0 Å². The van der Waals surface area contributed by atoms with Crippen molar-refractivity contribution in [2.75, 3.05) is 17.5 Å². The first-order valence-electron chi connectivity index (χ1n) is 6.47. The molecule has 0 radical (unpaired) electrons. The van der Waals surface area contributed by atoms with Gasteiger partial charge in [0.25, 0.3) is 10.0 Å². The summed E-state index contributed by atoms with van der Waals surface area (Å²) in [5.74, 6) is -0.574. The Labute approximate surface area is 127 Å². The lowest BCUT2D eigenvalue weighted by atomic mass is 10.3. The second-order valence-corrected chi connectivity index (χ2v) is 7.57. The molecule has 114 valence electrons. The summed E-state index contributed by atoms with van der Waals surface area (Å²) < 4.78 is 40.3. The number of thiophene rings is 1. The zero-order valence-electron chi connectivity index (χ0n) is 11.5. The molecule has 1 heterocycles. The van der Waals surface area contributed by atoms with Crippen molar-refractivity contribution in [3.8, 4) is 0 Å². The van der Waals surface area contributed by atoms with Crippen LogP contribution in [0.25, 0.3) is 0 Å². The molecular formula is C14H16FNO3S2. The van der Waals surface area contributed by atoms with Crippen molar-refractivity contribution >= 4 is 27.0 Å². The molecule has 1 N–H and O–H groups in total. The van der Waals surface area contributed by atoms with E-state index in [1.807, 2.05) is 0 Å². The average Bonchev–Trinajstić information content (AvgIpc) is 2.91. The lowest BCUT2D eigenvalue weighted by Crippen LogP contribution is -2.30. The summed E-state index contributed by atoms with van der Waals surface area (Å²) in [4.78, 5) is 0.778. The van der Waals surface area contributed by atoms with Crippen molar-refractivity contribution in [1.29, 1.82) is 0 Å². The lowest BCUT2D eigenvalue weighted by Gasteiger charge is -2.22. The van der Waals surface area contributed by atoms with E-state index < -0.39 is 15.8 Å². The largest absolute Gasteiger partial charge is 0.396 e. The molecule has 1 aromatic carbocycles. The summed E-state index contributed by atoms with van der Waals surface area (Å²) in [5.41, 5.74) is 0.0390. The van der Waals surface area contributed by atoms with Crippen LogP contribution in [0, 0.1) is 5.82 Å². The number of rotatable bonds is 6. The number of nitrogens with zero attached hydrogens (tertiary/aromatic N) is 1. The third-order valence-electron chi connectivity index (χ3n) is 2.95. The minimum absolute atomic E-state index is 0.0369. The zero-order valence-corrected chi connectivity index (χ0v) is 13.1. The van der Waals surface area contributed by atoms with Crippen molar-refractivity contribution in [1.82, 2.24) is 0 Å². The second-order valence-electron chi connectivity index (χ2n) is 4.32. The molecule has 21 heavy (non-hydrogen) atoms. The van der Waals surface area contributed by atoms with Crippen LogP contribution >= 0.6 is 11.3 Å². The van der Waals surface area contributed by atoms with Gasteiger partial charge >= 0.3 is 0 Å². The van der Waals surface area contributed by atoms with Crippen LogP contribution in [-0.2, 0) is 16.4 Å². The average molecular weight is 329 g/mol. The molecule has 2 aromatic rings. The number of hydrogen-bond acceptors (Lipinski definition) is 4. The molecule has 0 aliphatic heterocycles. The molecule has 0 aliphatic carbocycles. The van der Waals surface area contributed by atoms with Crippen LogP contribution < -0.4 is 4.31 Å². The Hall–Kier alpha value is -1.44. The van der Waals surface area contributed by atoms with E-state index in [1.165, 1.54) is 24.3 Å². The van der Waals surface area contributed by atoms with Gasteiger partial charge in [-0.15, -0.1) is 11.3 Å². The van der Waals surface area contributed by atoms with Crippen LogP contribution in [0.1, 0.15) is 11.8 Å². The highest BCUT2D eigenvalue weighted by Gasteiger charge is 2.27. The normalized spacial score (nSPS) is 11.6. The van der Waals surface area contributed by atoms with E-state index in [9.17, 15) is 12.8 Å². The Balaban J connectivity index is 2.42. The van der Waals surface area contributed by atoms with Crippen LogP contribution in [0.5, 0.6) is 0 Å². The molecule has 4 nitrogen and oxygen atoms in total. The van der Waals surface area contributed by atoms with Gasteiger partial charge in [0.05, 0.1) is 5.69 Å². The molecule has 0 saturated carbocycles. The molecule has 0 aliphatic rings. The second kappa shape index (κ2) is 6.55. The fraction of sp³-hybridized carbons (Fsp3) is 0.286. The van der Waals surface area contributed by atoms with E-state index >= 15 is 0 Å². The van der Waals surface area contributed by atoms with Crippen molar-refractivity contribution < 1.29 is 17.9 Å². The highest BCUT2D eigenvalue weighted by molar-refractivity contribution is 7.94. The Morgan fingerprint density at radius 3 is 2.57 bits per heavy atom. The predicted octanol–water partition coefficient (Wildman–Crippen LogP) is 2.64. The summed E-state index contributed by atoms with van der Waals surface area (Å²) >= 11 is 1.10. The standard InChI is InChI=1S/C14H16FNO3S2/c1-2-16(13-6-4-3-5-12(13)15)21(18,19)14-8-7-11(20-14)9-10-17/h3-8,17H,2,9-10H2,1H3. The molecule has 2 rings (SSSR count). The van der Waals surface area contributed by atoms with Crippen molar-refractivity contribution in [2.45, 2.75) is 17.6 Å². The quantitative estimate of drug-likeness (QED) is 0.886. The summed E-state index contributed by atoms with van der Waals surface area (Å²) in [7, 11) is -3.79. The highest BCUT2D eigenvalue weighted by atomic mass is 32.2. The van der Waals surface area contributed by atoms with Crippen molar-refractivity contribution in [2.24, 2.45) is 0 Å². The number of anilines is 1. The van der Waals surface area contributed by atoms with Crippen molar-refractivity contribution in [3.63, 3.8) is 0 Å². The molecule has 0 spiro atoms. The highest BCUT2D eigenvalue weighted by Crippen LogP contribution is 2.30. The molecule has 0 unspecified atom stereocenters. The van der Waals surface area contributed by atoms with Crippen LogP contribution in [0.2, 0.25) is 0 Å². The number of sulfonamides is 1. The van der Waals surface area contributed by atoms with Gasteiger partial charge in [-0.05, 0) is 31.2 Å². The van der Waals surface area contributed by atoms with Crippen LogP contribution in [0.15, 0.2) is 40.6 Å². The van der Waals surface area contributed by atoms with E-state index in [4.69, 9.17) is 5.11 Å². The van der Waals surface area contributed by atoms with Gasteiger partial charge in [0.2, 0.25) is 0 Å². The van der Waals surface area contributed by atoms with Gasteiger partial charge in [-0.25, -0.2) is 12.8 Å². The predicted molar refractivity (Wildman–Crippen MR) is 81.7 cm³/mol. The Kier molecular flexibility index (Phi) is 4.97. The lowest BCUT2D eigenvalue weighted by molar-refractivity contribution is 0.300. The maximum Gasteiger partial charge on any atom is 0.273 e. The van der Waals surface area contributed by atoms with Crippen molar-refractivity contribution in [3.05, 3.63) is 47.1 Å². The number of benzene rings is 1. The Bertz CT molecular complexity index is 713. The maximum atomic E-state index is 13.9. The first-order chi connectivity index (χ1) is 10.0. The van der Waals surface area contributed by atoms with E-state index in [0.717, 1.165) is 20.5 Å². The van der Waals surface area contributed by atoms with E-state index in [-0.39, 0.29) is 23.0 Å². The van der Waals surface area contributed by atoms with Crippen LogP contribution in [-0.4, -0.2) is 26.7 Å². The molecular weight excluding hydrogens is 313 g/mol. The fourth-order valence-electron chi connectivity index (χ4n) is 1.97. The van der Waals surface area contributed by atoms with Gasteiger partial charge in [-0.3, -0.25) is 4.31 Å². The number of para-hydroxylation sites is 1. The van der Waals surface area contributed by atoms with Crippen LogP contribution in [0.4, 0.5) is 10.1 Å². The van der Waals surface area contributed by atoms with E-state index in [0.29, 0.717) is 6.42 Å². The van der Waals surface area contributed by atoms with Gasteiger partial charge < -0.3 is 5.11 Å². The first-order valence-corrected chi connectivity index (χ1v) is 8.73. The van der Waals surface area contributed by atoms with Gasteiger partial charge in [-0.1, -0.05) is 12.1 Å².